The van der Waals surface area contributed by atoms with E-state index in [4.69, 9.17) is 23.2 Å². The Bertz CT molecular complexity index is 585. The van der Waals surface area contributed by atoms with Crippen LogP contribution in [0.2, 0.25) is 10.0 Å². The first kappa shape index (κ1) is 14.8. The zero-order valence-electron chi connectivity index (χ0n) is 11.1. The quantitative estimate of drug-likeness (QED) is 0.768. The average Bonchev–Trinajstić information content (AvgIpc) is 2.46. The number of halogens is 2. The van der Waals surface area contributed by atoms with Crippen molar-refractivity contribution in [2.45, 2.75) is 13.5 Å². The van der Waals surface area contributed by atoms with Gasteiger partial charge in [0.25, 0.3) is 0 Å². The van der Waals surface area contributed by atoms with E-state index in [9.17, 15) is 0 Å². The highest BCUT2D eigenvalue weighted by atomic mass is 35.5. The van der Waals surface area contributed by atoms with E-state index in [0.29, 0.717) is 16.6 Å². The first-order chi connectivity index (χ1) is 9.70. The zero-order valence-corrected chi connectivity index (χ0v) is 12.6. The van der Waals surface area contributed by atoms with Gasteiger partial charge in [0.1, 0.15) is 5.82 Å². The van der Waals surface area contributed by atoms with E-state index >= 15 is 0 Å². The number of nitrogens with zero attached hydrogens (tertiary/aromatic N) is 3. The molecule has 1 heterocycles. The number of anilines is 1. The lowest BCUT2D eigenvalue weighted by atomic mass is 10.2. The highest BCUT2D eigenvalue weighted by molar-refractivity contribution is 6.35. The Morgan fingerprint density at radius 2 is 2.10 bits per heavy atom. The monoisotopic (exact) mass is 307 g/mol. The van der Waals surface area contributed by atoms with Crippen LogP contribution in [0.4, 0.5) is 5.82 Å². The topological polar surface area (TPSA) is 29.0 Å². The molecular formula is C15H15Cl2N3. The molecule has 0 saturated heterocycles. The predicted octanol–water partition coefficient (Wildman–Crippen LogP) is 4.37. The highest BCUT2D eigenvalue weighted by Gasteiger charge is 2.10. The molecule has 0 fully saturated rings. The highest BCUT2D eigenvalue weighted by Crippen LogP contribution is 2.23. The SMILES string of the molecule is CC=CCN(Cc1ccc(Cl)cc1Cl)c1cnccn1. The van der Waals surface area contributed by atoms with Gasteiger partial charge in [-0.2, -0.15) is 0 Å². The predicted molar refractivity (Wildman–Crippen MR) is 84.4 cm³/mol. The molecule has 0 saturated carbocycles. The third-order valence-electron chi connectivity index (χ3n) is 2.81. The Balaban J connectivity index is 2.23. The maximum absolute atomic E-state index is 6.23. The van der Waals surface area contributed by atoms with Crippen LogP contribution in [0.3, 0.4) is 0 Å². The molecule has 0 atom stereocenters. The Morgan fingerprint density at radius 3 is 2.75 bits per heavy atom. The molecule has 1 aromatic carbocycles. The van der Waals surface area contributed by atoms with E-state index in [1.54, 1.807) is 24.7 Å². The summed E-state index contributed by atoms with van der Waals surface area (Å²) in [6, 6.07) is 5.53. The first-order valence-electron chi connectivity index (χ1n) is 6.26. The largest absolute Gasteiger partial charge is 0.347 e. The Hall–Kier alpha value is -1.58. The molecule has 0 amide bonds. The lowest BCUT2D eigenvalue weighted by Gasteiger charge is -2.22. The van der Waals surface area contributed by atoms with Crippen LogP contribution in [0, 0.1) is 0 Å². The Morgan fingerprint density at radius 1 is 1.25 bits per heavy atom. The van der Waals surface area contributed by atoms with Crippen molar-refractivity contribution in [3.63, 3.8) is 0 Å². The molecule has 1 aromatic heterocycles. The summed E-state index contributed by atoms with van der Waals surface area (Å²) in [4.78, 5) is 10.5. The molecular weight excluding hydrogens is 293 g/mol. The summed E-state index contributed by atoms with van der Waals surface area (Å²) < 4.78 is 0. The van der Waals surface area contributed by atoms with Crippen LogP contribution in [0.25, 0.3) is 0 Å². The second kappa shape index (κ2) is 7.27. The van der Waals surface area contributed by atoms with Crippen molar-refractivity contribution < 1.29 is 0 Å². The number of hydrogen-bond acceptors (Lipinski definition) is 3. The zero-order chi connectivity index (χ0) is 14.4. The lowest BCUT2D eigenvalue weighted by Crippen LogP contribution is -2.24. The molecule has 0 radical (unpaired) electrons. The molecule has 0 aliphatic heterocycles. The van der Waals surface area contributed by atoms with Crippen molar-refractivity contribution in [2.24, 2.45) is 0 Å². The minimum absolute atomic E-state index is 0.637. The maximum atomic E-state index is 6.23. The van der Waals surface area contributed by atoms with E-state index < -0.39 is 0 Å². The maximum Gasteiger partial charge on any atom is 0.147 e. The molecule has 2 rings (SSSR count). The van der Waals surface area contributed by atoms with Gasteiger partial charge in [-0.25, -0.2) is 4.98 Å². The second-order valence-corrected chi connectivity index (χ2v) is 5.09. The molecule has 0 spiro atoms. The van der Waals surface area contributed by atoms with Gasteiger partial charge in [0.2, 0.25) is 0 Å². The average molecular weight is 308 g/mol. The van der Waals surface area contributed by atoms with Crippen LogP contribution in [0.15, 0.2) is 48.9 Å². The molecule has 0 unspecified atom stereocenters. The second-order valence-electron chi connectivity index (χ2n) is 4.25. The molecule has 5 heteroatoms. The molecule has 2 aromatic rings. The van der Waals surface area contributed by atoms with Crippen LogP contribution in [-0.2, 0) is 6.54 Å². The van der Waals surface area contributed by atoms with Gasteiger partial charge in [-0.1, -0.05) is 41.4 Å². The fourth-order valence-corrected chi connectivity index (χ4v) is 2.25. The van der Waals surface area contributed by atoms with E-state index in [1.807, 2.05) is 25.1 Å². The van der Waals surface area contributed by atoms with E-state index in [2.05, 4.69) is 20.9 Å². The molecule has 104 valence electrons. The molecule has 0 aliphatic rings. The summed E-state index contributed by atoms with van der Waals surface area (Å²) >= 11 is 12.2. The normalized spacial score (nSPS) is 10.9. The minimum atomic E-state index is 0.637. The summed E-state index contributed by atoms with van der Waals surface area (Å²) in [6.45, 7) is 3.39. The molecule has 0 N–H and O–H groups in total. The fourth-order valence-electron chi connectivity index (χ4n) is 1.78. The summed E-state index contributed by atoms with van der Waals surface area (Å²) in [5, 5.41) is 1.30. The Labute approximate surface area is 128 Å². The summed E-state index contributed by atoms with van der Waals surface area (Å²) in [6.07, 6.45) is 9.16. The summed E-state index contributed by atoms with van der Waals surface area (Å²) in [5.41, 5.74) is 1.01. The van der Waals surface area contributed by atoms with Crippen LogP contribution in [-0.4, -0.2) is 16.5 Å². The van der Waals surface area contributed by atoms with E-state index in [-0.39, 0.29) is 0 Å². The number of benzene rings is 1. The van der Waals surface area contributed by atoms with E-state index in [0.717, 1.165) is 17.9 Å². The van der Waals surface area contributed by atoms with Crippen molar-refractivity contribution >= 4 is 29.0 Å². The van der Waals surface area contributed by atoms with Crippen LogP contribution >= 0.6 is 23.2 Å². The van der Waals surface area contributed by atoms with Gasteiger partial charge in [0.15, 0.2) is 0 Å². The standard InChI is InChI=1S/C15H15Cl2N3/c1-2-3-8-20(15-10-18-6-7-19-15)11-12-4-5-13(16)9-14(12)17/h2-7,9-10H,8,11H2,1H3. The van der Waals surface area contributed by atoms with Gasteiger partial charge in [-0.15, -0.1) is 0 Å². The number of allylic oxidation sites excluding steroid dienone is 1. The fraction of sp³-hybridized carbons (Fsp3) is 0.200. The van der Waals surface area contributed by atoms with E-state index in [1.165, 1.54) is 0 Å². The van der Waals surface area contributed by atoms with Crippen molar-refractivity contribution in [1.29, 1.82) is 0 Å². The van der Waals surface area contributed by atoms with Gasteiger partial charge < -0.3 is 4.90 Å². The Kier molecular flexibility index (Phi) is 5.39. The molecule has 0 aliphatic carbocycles. The van der Waals surface area contributed by atoms with Crippen molar-refractivity contribution in [3.05, 3.63) is 64.6 Å². The van der Waals surface area contributed by atoms with Crippen molar-refractivity contribution in [3.8, 4) is 0 Å². The van der Waals surface area contributed by atoms with Gasteiger partial charge in [0, 0.05) is 35.5 Å². The summed E-state index contributed by atoms with van der Waals surface area (Å²) in [5.74, 6) is 0.816. The van der Waals surface area contributed by atoms with Crippen molar-refractivity contribution in [2.75, 3.05) is 11.4 Å². The molecule has 3 nitrogen and oxygen atoms in total. The van der Waals surface area contributed by atoms with Crippen LogP contribution < -0.4 is 4.90 Å². The van der Waals surface area contributed by atoms with Gasteiger partial charge in [0.05, 0.1) is 6.20 Å². The van der Waals surface area contributed by atoms with Crippen molar-refractivity contribution in [1.82, 2.24) is 9.97 Å². The smallest absolute Gasteiger partial charge is 0.147 e. The first-order valence-corrected chi connectivity index (χ1v) is 7.02. The third kappa shape index (κ3) is 3.95. The third-order valence-corrected chi connectivity index (χ3v) is 3.40. The summed E-state index contributed by atoms with van der Waals surface area (Å²) in [7, 11) is 0. The number of aromatic nitrogens is 2. The van der Waals surface area contributed by atoms with Crippen LogP contribution in [0.5, 0.6) is 0 Å². The molecule has 0 bridgehead atoms. The van der Waals surface area contributed by atoms with Crippen LogP contribution in [0.1, 0.15) is 12.5 Å². The van der Waals surface area contributed by atoms with Gasteiger partial charge in [-0.3, -0.25) is 4.98 Å². The number of rotatable bonds is 5. The van der Waals surface area contributed by atoms with Gasteiger partial charge in [-0.05, 0) is 24.6 Å². The molecule has 20 heavy (non-hydrogen) atoms. The minimum Gasteiger partial charge on any atom is -0.347 e. The van der Waals surface area contributed by atoms with Gasteiger partial charge >= 0.3 is 0 Å². The number of hydrogen-bond donors (Lipinski definition) is 0. The lowest BCUT2D eigenvalue weighted by molar-refractivity contribution is 0.840.